The van der Waals surface area contributed by atoms with E-state index in [1.165, 1.54) is 5.56 Å². The van der Waals surface area contributed by atoms with Crippen molar-refractivity contribution < 1.29 is 14.3 Å². The molecule has 23 heavy (non-hydrogen) atoms. The lowest BCUT2D eigenvalue weighted by molar-refractivity contribution is -0.132. The summed E-state index contributed by atoms with van der Waals surface area (Å²) >= 11 is 0. The summed E-state index contributed by atoms with van der Waals surface area (Å²) in [6.07, 6.45) is 0. The first-order valence-electron chi connectivity index (χ1n) is 7.28. The number of ether oxygens (including phenoxy) is 1. The van der Waals surface area contributed by atoms with E-state index in [1.807, 2.05) is 31.2 Å². The Bertz CT molecular complexity index is 696. The Labute approximate surface area is 135 Å². The molecule has 5 nitrogen and oxygen atoms in total. The van der Waals surface area contributed by atoms with E-state index in [0.717, 1.165) is 5.56 Å². The summed E-state index contributed by atoms with van der Waals surface area (Å²) < 4.78 is 5.45. The molecule has 0 bridgehead atoms. The highest BCUT2D eigenvalue weighted by atomic mass is 16.5. The lowest BCUT2D eigenvalue weighted by Gasteiger charge is -2.18. The average Bonchev–Trinajstić information content (AvgIpc) is 2.54. The van der Waals surface area contributed by atoms with Crippen LogP contribution in [0, 0.1) is 6.92 Å². The van der Waals surface area contributed by atoms with Crippen LogP contribution in [-0.2, 0) is 11.3 Å². The van der Waals surface area contributed by atoms with Gasteiger partial charge in [0.05, 0.1) is 5.56 Å². The van der Waals surface area contributed by atoms with E-state index in [-0.39, 0.29) is 18.1 Å². The second-order valence-electron chi connectivity index (χ2n) is 5.38. The average molecular weight is 312 g/mol. The highest BCUT2D eigenvalue weighted by Crippen LogP contribution is 2.17. The number of rotatable bonds is 6. The normalized spacial score (nSPS) is 10.2. The number of benzene rings is 2. The van der Waals surface area contributed by atoms with Crippen LogP contribution < -0.4 is 10.5 Å². The molecule has 2 N–H and O–H groups in total. The molecule has 0 fully saturated rings. The summed E-state index contributed by atoms with van der Waals surface area (Å²) in [4.78, 5) is 25.1. The summed E-state index contributed by atoms with van der Waals surface area (Å²) in [5.74, 6) is -0.442. The molecule has 0 atom stereocenters. The predicted molar refractivity (Wildman–Crippen MR) is 88.1 cm³/mol. The van der Waals surface area contributed by atoms with Crippen molar-refractivity contribution in [2.45, 2.75) is 13.5 Å². The molecule has 0 heterocycles. The number of aryl methyl sites for hydroxylation is 1. The summed E-state index contributed by atoms with van der Waals surface area (Å²) in [6.45, 7) is 2.37. The zero-order chi connectivity index (χ0) is 16.8. The smallest absolute Gasteiger partial charge is 0.260 e. The number of likely N-dealkylation sites (N-methyl/N-ethyl adjacent to an activating group) is 1. The van der Waals surface area contributed by atoms with E-state index in [2.05, 4.69) is 0 Å². The van der Waals surface area contributed by atoms with E-state index in [0.29, 0.717) is 12.3 Å². The van der Waals surface area contributed by atoms with E-state index in [9.17, 15) is 9.59 Å². The number of para-hydroxylation sites is 1. The standard InChI is InChI=1S/C18H20N2O3/c1-13-7-9-14(10-8-13)11-20(2)17(21)12-23-16-6-4-3-5-15(16)18(19)22/h3-10H,11-12H2,1-2H3,(H2,19,22). The Kier molecular flexibility index (Phi) is 5.36. The van der Waals surface area contributed by atoms with Gasteiger partial charge in [-0.2, -0.15) is 0 Å². The quantitative estimate of drug-likeness (QED) is 0.888. The van der Waals surface area contributed by atoms with Crippen LogP contribution in [0.5, 0.6) is 5.75 Å². The van der Waals surface area contributed by atoms with Crippen molar-refractivity contribution in [3.05, 3.63) is 65.2 Å². The molecule has 0 aromatic heterocycles. The van der Waals surface area contributed by atoms with Gasteiger partial charge in [0.15, 0.2) is 6.61 Å². The zero-order valence-corrected chi connectivity index (χ0v) is 13.3. The Morgan fingerprint density at radius 3 is 2.39 bits per heavy atom. The number of amides is 2. The first-order chi connectivity index (χ1) is 11.0. The molecule has 0 unspecified atom stereocenters. The first kappa shape index (κ1) is 16.5. The van der Waals surface area contributed by atoms with Gasteiger partial charge in [-0.1, -0.05) is 42.0 Å². The molecule has 120 valence electrons. The van der Waals surface area contributed by atoms with Gasteiger partial charge in [-0.25, -0.2) is 0 Å². The fourth-order valence-corrected chi connectivity index (χ4v) is 2.10. The Balaban J connectivity index is 1.94. The van der Waals surface area contributed by atoms with Crippen LogP contribution in [0.2, 0.25) is 0 Å². The maximum atomic E-state index is 12.2. The van der Waals surface area contributed by atoms with Gasteiger partial charge in [0, 0.05) is 13.6 Å². The number of carbonyl (C=O) groups is 2. The minimum absolute atomic E-state index is 0.146. The van der Waals surface area contributed by atoms with Crippen LogP contribution in [-0.4, -0.2) is 30.4 Å². The van der Waals surface area contributed by atoms with Crippen molar-refractivity contribution in [3.63, 3.8) is 0 Å². The first-order valence-corrected chi connectivity index (χ1v) is 7.28. The number of hydrogen-bond acceptors (Lipinski definition) is 3. The van der Waals surface area contributed by atoms with E-state index in [1.54, 1.807) is 36.2 Å². The summed E-state index contributed by atoms with van der Waals surface area (Å²) in [5, 5.41) is 0. The number of nitrogens with zero attached hydrogens (tertiary/aromatic N) is 1. The molecule has 2 aromatic carbocycles. The number of carbonyl (C=O) groups excluding carboxylic acids is 2. The minimum Gasteiger partial charge on any atom is -0.483 e. The topological polar surface area (TPSA) is 72.6 Å². The number of nitrogens with two attached hydrogens (primary N) is 1. The molecule has 0 saturated carbocycles. The van der Waals surface area contributed by atoms with E-state index < -0.39 is 5.91 Å². The second-order valence-corrected chi connectivity index (χ2v) is 5.38. The third-order valence-electron chi connectivity index (χ3n) is 3.47. The van der Waals surface area contributed by atoms with Crippen molar-refractivity contribution in [2.24, 2.45) is 5.73 Å². The largest absolute Gasteiger partial charge is 0.483 e. The summed E-state index contributed by atoms with van der Waals surface area (Å²) in [7, 11) is 1.71. The van der Waals surface area contributed by atoms with Gasteiger partial charge in [0.25, 0.3) is 11.8 Å². The van der Waals surface area contributed by atoms with Gasteiger partial charge in [0.1, 0.15) is 5.75 Å². The molecule has 2 amide bonds. The fraction of sp³-hybridized carbons (Fsp3) is 0.222. The Morgan fingerprint density at radius 1 is 1.09 bits per heavy atom. The molecule has 0 radical (unpaired) electrons. The predicted octanol–water partition coefficient (Wildman–Crippen LogP) is 2.13. The Hall–Kier alpha value is -2.82. The monoisotopic (exact) mass is 312 g/mol. The minimum atomic E-state index is -0.582. The highest BCUT2D eigenvalue weighted by Gasteiger charge is 2.13. The molecular formula is C18H20N2O3. The van der Waals surface area contributed by atoms with Crippen molar-refractivity contribution in [3.8, 4) is 5.75 Å². The van der Waals surface area contributed by atoms with Gasteiger partial charge in [-0.15, -0.1) is 0 Å². The maximum Gasteiger partial charge on any atom is 0.260 e. The molecule has 0 saturated heterocycles. The van der Waals surface area contributed by atoms with Gasteiger partial charge in [0.2, 0.25) is 0 Å². The third-order valence-corrected chi connectivity index (χ3v) is 3.47. The van der Waals surface area contributed by atoms with Gasteiger partial charge >= 0.3 is 0 Å². The second kappa shape index (κ2) is 7.45. The Morgan fingerprint density at radius 2 is 1.74 bits per heavy atom. The zero-order valence-electron chi connectivity index (χ0n) is 13.3. The lowest BCUT2D eigenvalue weighted by Crippen LogP contribution is -2.31. The van der Waals surface area contributed by atoms with Crippen LogP contribution in [0.25, 0.3) is 0 Å². The van der Waals surface area contributed by atoms with E-state index >= 15 is 0 Å². The number of hydrogen-bond donors (Lipinski definition) is 1. The van der Waals surface area contributed by atoms with Crippen molar-refractivity contribution in [1.29, 1.82) is 0 Å². The molecule has 0 spiro atoms. The van der Waals surface area contributed by atoms with Crippen LogP contribution in [0.1, 0.15) is 21.5 Å². The number of primary amides is 1. The SMILES string of the molecule is Cc1ccc(CN(C)C(=O)COc2ccccc2C(N)=O)cc1. The van der Waals surface area contributed by atoms with Crippen LogP contribution in [0.4, 0.5) is 0 Å². The van der Waals surface area contributed by atoms with E-state index in [4.69, 9.17) is 10.5 Å². The van der Waals surface area contributed by atoms with Gasteiger partial charge < -0.3 is 15.4 Å². The molecular weight excluding hydrogens is 292 g/mol. The van der Waals surface area contributed by atoms with Gasteiger partial charge in [-0.05, 0) is 24.6 Å². The van der Waals surface area contributed by atoms with Crippen molar-refractivity contribution in [1.82, 2.24) is 4.90 Å². The summed E-state index contributed by atoms with van der Waals surface area (Å²) in [5.41, 5.74) is 7.77. The molecule has 0 aliphatic heterocycles. The fourth-order valence-electron chi connectivity index (χ4n) is 2.10. The molecule has 0 aliphatic rings. The lowest BCUT2D eigenvalue weighted by atomic mass is 10.1. The van der Waals surface area contributed by atoms with Crippen molar-refractivity contribution in [2.75, 3.05) is 13.7 Å². The molecule has 0 aliphatic carbocycles. The van der Waals surface area contributed by atoms with Crippen molar-refractivity contribution >= 4 is 11.8 Å². The molecule has 2 aromatic rings. The third kappa shape index (κ3) is 4.57. The molecule has 5 heteroatoms. The van der Waals surface area contributed by atoms with Crippen LogP contribution >= 0.6 is 0 Å². The maximum absolute atomic E-state index is 12.2. The van der Waals surface area contributed by atoms with Crippen LogP contribution in [0.3, 0.4) is 0 Å². The van der Waals surface area contributed by atoms with Crippen LogP contribution in [0.15, 0.2) is 48.5 Å². The highest BCUT2D eigenvalue weighted by molar-refractivity contribution is 5.95. The summed E-state index contributed by atoms with van der Waals surface area (Å²) in [6, 6.07) is 14.6. The molecule has 2 rings (SSSR count). The van der Waals surface area contributed by atoms with Gasteiger partial charge in [-0.3, -0.25) is 9.59 Å².